The molecule has 0 aromatic heterocycles. The first kappa shape index (κ1) is 86.6. The molecule has 0 heterocycles. The molecule has 522 valence electrons. The number of rotatable bonds is 18. The van der Waals surface area contributed by atoms with Gasteiger partial charge in [0.15, 0.2) is 0 Å². The zero-order chi connectivity index (χ0) is 71.9. The largest absolute Gasteiger partial charge is 0.0654 e. The third-order valence-corrected chi connectivity index (χ3v) is 18.7. The maximum atomic E-state index is 2.35. The van der Waals surface area contributed by atoms with Crippen LogP contribution >= 0.6 is 0 Å². The van der Waals surface area contributed by atoms with E-state index in [0.717, 1.165) is 12.3 Å². The van der Waals surface area contributed by atoms with Crippen molar-refractivity contribution >= 4 is 0 Å². The van der Waals surface area contributed by atoms with Crippen LogP contribution in [0, 0.1) is 54.4 Å². The second-order valence-corrected chi connectivity index (χ2v) is 31.7. The molecule has 0 nitrogen and oxygen atoms in total. The van der Waals surface area contributed by atoms with Gasteiger partial charge in [-0.2, -0.15) is 0 Å². The maximum Gasteiger partial charge on any atom is -0.0132 e. The van der Waals surface area contributed by atoms with Crippen LogP contribution in [-0.2, 0) is 31.1 Å². The highest BCUT2D eigenvalue weighted by Crippen LogP contribution is 2.30. The molecule has 0 aliphatic carbocycles. The topological polar surface area (TPSA) is 0 Å². The summed E-state index contributed by atoms with van der Waals surface area (Å²) < 4.78 is 0. The Labute approximate surface area is 585 Å². The predicted octanol–water partition coefficient (Wildman–Crippen LogP) is 29.8. The Bertz CT molecular complexity index is 3220. The van der Waals surface area contributed by atoms with Gasteiger partial charge in [-0.05, 0) is 268 Å². The maximum absolute atomic E-state index is 2.35. The highest BCUT2D eigenvalue weighted by molar-refractivity contribution is 5.39. The van der Waals surface area contributed by atoms with E-state index in [9.17, 15) is 0 Å². The first-order valence-corrected chi connectivity index (χ1v) is 37.5. The normalized spacial score (nSPS) is 11.6. The average molecular weight is 1280 g/mol. The summed E-state index contributed by atoms with van der Waals surface area (Å²) >= 11 is 0. The lowest BCUT2D eigenvalue weighted by Gasteiger charge is -2.21. The van der Waals surface area contributed by atoms with E-state index in [1.54, 1.807) is 0 Å². The molecular formula is C94H146. The van der Waals surface area contributed by atoms with Gasteiger partial charge in [0, 0.05) is 0 Å². The van der Waals surface area contributed by atoms with E-state index in [0.29, 0.717) is 53.3 Å². The van der Waals surface area contributed by atoms with Gasteiger partial charge in [-0.15, -0.1) is 0 Å². The Balaban J connectivity index is 0.000000549. The van der Waals surface area contributed by atoms with E-state index in [2.05, 4.69) is 356 Å². The van der Waals surface area contributed by atoms with Crippen LogP contribution in [0.25, 0.3) is 0 Å². The second-order valence-electron chi connectivity index (χ2n) is 31.7. The monoisotopic (exact) mass is 1280 g/mol. The van der Waals surface area contributed by atoms with Gasteiger partial charge in [-0.1, -0.05) is 320 Å². The first-order valence-electron chi connectivity index (χ1n) is 37.5. The van der Waals surface area contributed by atoms with Crippen molar-refractivity contribution in [3.63, 3.8) is 0 Å². The summed E-state index contributed by atoms with van der Waals surface area (Å²) in [6, 6.07) is 48.2. The molecule has 7 rings (SSSR count). The Kier molecular flexibility index (Phi) is 40.2. The minimum absolute atomic E-state index is 0.264. The molecule has 0 aliphatic rings. The molecule has 1 unspecified atom stereocenters. The molecule has 0 amide bonds. The molecule has 0 saturated carbocycles. The lowest BCUT2D eigenvalue weighted by molar-refractivity contribution is 0.589. The first-order chi connectivity index (χ1) is 43.8. The molecule has 0 bridgehead atoms. The van der Waals surface area contributed by atoms with Crippen molar-refractivity contribution < 1.29 is 0 Å². The Morgan fingerprint density at radius 1 is 0.287 bits per heavy atom. The van der Waals surface area contributed by atoms with E-state index in [1.807, 2.05) is 0 Å². The Morgan fingerprint density at radius 2 is 0.585 bits per heavy atom. The summed E-state index contributed by atoms with van der Waals surface area (Å²) in [6.07, 6.45) is 9.82. The smallest absolute Gasteiger partial charge is 0.0132 e. The fourth-order valence-corrected chi connectivity index (χ4v) is 12.7. The molecule has 0 saturated heterocycles. The van der Waals surface area contributed by atoms with E-state index >= 15 is 0 Å². The second kappa shape index (κ2) is 43.7. The van der Waals surface area contributed by atoms with Gasteiger partial charge in [-0.25, -0.2) is 0 Å². The molecule has 7 aromatic rings. The van der Waals surface area contributed by atoms with Crippen molar-refractivity contribution in [2.75, 3.05) is 0 Å². The van der Waals surface area contributed by atoms with Crippen molar-refractivity contribution in [1.29, 1.82) is 0 Å². The Hall–Kier alpha value is -5.46. The van der Waals surface area contributed by atoms with Crippen LogP contribution < -0.4 is 0 Å². The van der Waals surface area contributed by atoms with Gasteiger partial charge >= 0.3 is 0 Å². The fourth-order valence-electron chi connectivity index (χ4n) is 12.7. The quantitative estimate of drug-likeness (QED) is 0.0803. The lowest BCUT2D eigenvalue weighted by atomic mass is 9.84. The molecule has 0 fully saturated rings. The van der Waals surface area contributed by atoms with Crippen LogP contribution in [0.15, 0.2) is 127 Å². The summed E-state index contributed by atoms with van der Waals surface area (Å²) in [5, 5.41) is 0. The van der Waals surface area contributed by atoms with Gasteiger partial charge in [0.2, 0.25) is 0 Å². The fraction of sp³-hybridized carbons (Fsp3) is 0.553. The van der Waals surface area contributed by atoms with Crippen molar-refractivity contribution in [2.45, 2.75) is 339 Å². The van der Waals surface area contributed by atoms with Crippen LogP contribution in [0.1, 0.15) is 376 Å². The summed E-state index contributed by atoms with van der Waals surface area (Å²) in [5.41, 5.74) is 30.9. The number of hydrogen-bond donors (Lipinski definition) is 0. The van der Waals surface area contributed by atoms with Crippen molar-refractivity contribution in [3.05, 3.63) is 244 Å². The Morgan fingerprint density at radius 3 is 0.883 bits per heavy atom. The third-order valence-electron chi connectivity index (χ3n) is 18.7. The minimum atomic E-state index is 0.264. The van der Waals surface area contributed by atoms with Gasteiger partial charge in [0.1, 0.15) is 0 Å². The zero-order valence-corrected chi connectivity index (χ0v) is 67.6. The minimum Gasteiger partial charge on any atom is -0.0654 e. The number of benzene rings is 7. The van der Waals surface area contributed by atoms with Crippen LogP contribution in [-0.4, -0.2) is 0 Å². The molecule has 0 spiro atoms. The van der Waals surface area contributed by atoms with E-state index in [-0.39, 0.29) is 5.41 Å². The molecular weight excluding hydrogens is 1130 g/mol. The zero-order valence-electron chi connectivity index (χ0n) is 67.6. The standard InChI is InChI=1S/4C14H22.2C13H20.C12H18/c1-10(2)13-8-7-12(9-11(13)3)14(4,5)6;1-10(2)8-13-6-7-14(11(3)4)12(5)9-13;1-6-11(4)13-7-8-14(10(2)3)12(5)9-13;1-5-6-7-13-8-9-14(11(2)3)12(4)10-13;1-9(2)12-6-7-13(10(3)4)11(5)8-12;1-5-6-12-7-8-13(10(2)3)11(4)9-12;1-5-11-6-7-12(9(2)3)10(4)8-11/h7-10H,1-6H3;6-7,9-11H,8H2,1-5H3;7-11H,6H2,1-5H3;8-11H,5-7H2,1-4H3;6-10H,1-5H3;7-10H,5-6H2,1-4H3;6-9H,5H2,1-4H3. The van der Waals surface area contributed by atoms with Crippen molar-refractivity contribution in [1.82, 2.24) is 0 Å². The molecule has 1 atom stereocenters. The molecule has 7 aromatic carbocycles. The SMILES string of the molecule is CCC(C)c1ccc(C(C)C)c(C)c1.CCCCc1ccc(C(C)C)c(C)c1.CCCc1ccc(C(C)C)c(C)c1.CCc1ccc(C(C)C)c(C)c1.Cc1cc(C(C)(C)C)ccc1C(C)C.Cc1cc(C(C)C)ccc1C(C)C.Cc1cc(CC(C)C)ccc1C(C)C. The molecule has 0 N–H and O–H groups in total. The third kappa shape index (κ3) is 31.2. The van der Waals surface area contributed by atoms with Gasteiger partial charge in [0.25, 0.3) is 0 Å². The van der Waals surface area contributed by atoms with Gasteiger partial charge < -0.3 is 0 Å². The summed E-state index contributed by atoms with van der Waals surface area (Å²) in [5.74, 6) is 6.57. The van der Waals surface area contributed by atoms with E-state index in [4.69, 9.17) is 0 Å². The van der Waals surface area contributed by atoms with Crippen LogP contribution in [0.2, 0.25) is 0 Å². The van der Waals surface area contributed by atoms with Crippen LogP contribution in [0.4, 0.5) is 0 Å². The van der Waals surface area contributed by atoms with Crippen molar-refractivity contribution in [2.24, 2.45) is 5.92 Å². The number of aryl methyl sites for hydroxylation is 10. The lowest BCUT2D eigenvalue weighted by Crippen LogP contribution is -2.11. The van der Waals surface area contributed by atoms with Gasteiger partial charge in [-0.3, -0.25) is 0 Å². The number of hydrogen-bond acceptors (Lipinski definition) is 0. The summed E-state index contributed by atoms with van der Waals surface area (Å²) in [6.45, 7) is 74.0. The van der Waals surface area contributed by atoms with E-state index in [1.165, 1.54) is 162 Å². The molecule has 0 radical (unpaired) electrons. The van der Waals surface area contributed by atoms with Crippen LogP contribution in [0.3, 0.4) is 0 Å². The van der Waals surface area contributed by atoms with Gasteiger partial charge in [0.05, 0.1) is 0 Å². The predicted molar refractivity (Wildman–Crippen MR) is 429 cm³/mol. The summed E-state index contributed by atoms with van der Waals surface area (Å²) in [4.78, 5) is 0. The molecule has 0 aliphatic heterocycles. The number of unbranched alkanes of at least 4 members (excludes halogenated alkanes) is 1. The summed E-state index contributed by atoms with van der Waals surface area (Å²) in [7, 11) is 0. The van der Waals surface area contributed by atoms with E-state index < -0.39 is 0 Å². The molecule has 0 heteroatoms. The highest BCUT2D eigenvalue weighted by atomic mass is 14.2. The van der Waals surface area contributed by atoms with Crippen LogP contribution in [0.5, 0.6) is 0 Å². The highest BCUT2D eigenvalue weighted by Gasteiger charge is 2.16. The average Bonchev–Trinajstić information content (AvgIpc) is 0.910. The van der Waals surface area contributed by atoms with Crippen molar-refractivity contribution in [3.8, 4) is 0 Å². The molecule has 94 heavy (non-hydrogen) atoms.